The van der Waals surface area contributed by atoms with E-state index in [1.165, 1.54) is 17.0 Å². The first-order valence-electron chi connectivity index (χ1n) is 12.1. The molecule has 10 nitrogen and oxygen atoms in total. The Bertz CT molecular complexity index is 1260. The van der Waals surface area contributed by atoms with Crippen molar-refractivity contribution < 1.29 is 33.0 Å². The first-order valence-corrected chi connectivity index (χ1v) is 12.1. The van der Waals surface area contributed by atoms with Gasteiger partial charge in [0.2, 0.25) is 12.2 Å². The van der Waals surface area contributed by atoms with Crippen molar-refractivity contribution in [1.29, 1.82) is 0 Å². The minimum Gasteiger partial charge on any atom is -0.448 e. The molecule has 2 aliphatic rings. The molecule has 0 aromatic heterocycles. The number of benzene rings is 2. The Morgan fingerprint density at radius 1 is 0.974 bits per heavy atom. The summed E-state index contributed by atoms with van der Waals surface area (Å²) in [7, 11) is 0. The van der Waals surface area contributed by atoms with Gasteiger partial charge < -0.3 is 19.7 Å². The largest absolute Gasteiger partial charge is 0.448 e. The molecule has 2 amide bonds. The van der Waals surface area contributed by atoms with E-state index in [1.807, 2.05) is 41.6 Å². The SMILES string of the molecule is CC(=O)O[C@@H](C(=O)N[C@H](C)c1ccc(N2C=CCN2)cc1)[C@@H](OC(C)=O)C(=O)N1Cc2cccc(F)c2C1. The van der Waals surface area contributed by atoms with Crippen molar-refractivity contribution in [3.05, 3.63) is 77.2 Å². The second-order valence-electron chi connectivity index (χ2n) is 9.07. The fourth-order valence-corrected chi connectivity index (χ4v) is 4.41. The molecule has 2 aliphatic heterocycles. The number of hydrogen-bond donors (Lipinski definition) is 2. The van der Waals surface area contributed by atoms with Gasteiger partial charge in [0.15, 0.2) is 0 Å². The highest BCUT2D eigenvalue weighted by Gasteiger charge is 2.43. The normalized spacial score (nSPS) is 16.4. The number of anilines is 1. The molecular formula is C27H29FN4O6. The van der Waals surface area contributed by atoms with E-state index >= 15 is 0 Å². The monoisotopic (exact) mass is 524 g/mol. The first kappa shape index (κ1) is 26.8. The summed E-state index contributed by atoms with van der Waals surface area (Å²) in [5.41, 5.74) is 5.77. The van der Waals surface area contributed by atoms with Crippen molar-refractivity contribution in [2.75, 3.05) is 11.6 Å². The number of nitrogens with zero attached hydrogens (tertiary/aromatic N) is 2. The van der Waals surface area contributed by atoms with Gasteiger partial charge in [-0.25, -0.2) is 9.82 Å². The van der Waals surface area contributed by atoms with E-state index in [0.29, 0.717) is 11.1 Å². The molecule has 0 aliphatic carbocycles. The van der Waals surface area contributed by atoms with E-state index in [2.05, 4.69) is 10.7 Å². The zero-order valence-electron chi connectivity index (χ0n) is 21.3. The van der Waals surface area contributed by atoms with Crippen molar-refractivity contribution in [2.45, 2.75) is 52.1 Å². The summed E-state index contributed by atoms with van der Waals surface area (Å²) < 4.78 is 24.7. The van der Waals surface area contributed by atoms with Crippen LogP contribution in [0.15, 0.2) is 54.7 Å². The fraction of sp³-hybridized carbons (Fsp3) is 0.333. The molecule has 38 heavy (non-hydrogen) atoms. The summed E-state index contributed by atoms with van der Waals surface area (Å²) in [5.74, 6) is -3.74. The van der Waals surface area contributed by atoms with E-state index in [4.69, 9.17) is 9.47 Å². The Morgan fingerprint density at radius 3 is 2.26 bits per heavy atom. The number of halogens is 1. The number of rotatable bonds is 8. The first-order chi connectivity index (χ1) is 18.1. The van der Waals surface area contributed by atoms with Crippen molar-refractivity contribution in [3.8, 4) is 0 Å². The molecule has 2 N–H and O–H groups in total. The van der Waals surface area contributed by atoms with Crippen molar-refractivity contribution in [2.24, 2.45) is 0 Å². The second-order valence-corrected chi connectivity index (χ2v) is 9.07. The predicted molar refractivity (Wildman–Crippen MR) is 134 cm³/mol. The summed E-state index contributed by atoms with van der Waals surface area (Å²) >= 11 is 0. The molecule has 0 unspecified atom stereocenters. The predicted octanol–water partition coefficient (Wildman–Crippen LogP) is 2.25. The summed E-state index contributed by atoms with van der Waals surface area (Å²) in [6, 6.07) is 11.4. The van der Waals surface area contributed by atoms with E-state index in [0.717, 1.165) is 31.6 Å². The molecule has 2 aromatic carbocycles. The number of nitrogens with one attached hydrogen (secondary N) is 2. The number of amides is 2. The number of carbonyl (C=O) groups excluding carboxylic acids is 4. The van der Waals surface area contributed by atoms with Gasteiger partial charge in [-0.05, 0) is 36.2 Å². The Morgan fingerprint density at radius 2 is 1.66 bits per heavy atom. The van der Waals surface area contributed by atoms with Gasteiger partial charge >= 0.3 is 11.9 Å². The average Bonchev–Trinajstić information content (AvgIpc) is 3.56. The third kappa shape index (κ3) is 6.00. The van der Waals surface area contributed by atoms with Crippen molar-refractivity contribution in [3.63, 3.8) is 0 Å². The maximum absolute atomic E-state index is 14.2. The minimum absolute atomic E-state index is 0.0575. The Balaban J connectivity index is 1.52. The number of ether oxygens (including phenoxy) is 2. The van der Waals surface area contributed by atoms with Crippen LogP contribution in [-0.4, -0.2) is 47.4 Å². The average molecular weight is 525 g/mol. The van der Waals surface area contributed by atoms with Gasteiger partial charge in [0.1, 0.15) is 5.82 Å². The van der Waals surface area contributed by atoms with E-state index in [9.17, 15) is 23.6 Å². The third-order valence-corrected chi connectivity index (χ3v) is 6.26. The fourth-order valence-electron chi connectivity index (χ4n) is 4.41. The highest BCUT2D eigenvalue weighted by atomic mass is 19.1. The van der Waals surface area contributed by atoms with Gasteiger partial charge in [-0.1, -0.05) is 30.3 Å². The molecule has 0 radical (unpaired) electrons. The van der Waals surface area contributed by atoms with Crippen LogP contribution in [0.5, 0.6) is 0 Å². The highest BCUT2D eigenvalue weighted by Crippen LogP contribution is 2.27. The van der Waals surface area contributed by atoms with E-state index < -0.39 is 47.8 Å². The van der Waals surface area contributed by atoms with Crippen LogP contribution < -0.4 is 15.8 Å². The molecule has 11 heteroatoms. The maximum atomic E-state index is 14.2. The lowest BCUT2D eigenvalue weighted by molar-refractivity contribution is -0.178. The minimum atomic E-state index is -1.75. The molecule has 0 fully saturated rings. The smallest absolute Gasteiger partial charge is 0.303 e. The van der Waals surface area contributed by atoms with Gasteiger partial charge in [0, 0.05) is 45.2 Å². The molecule has 2 heterocycles. The lowest BCUT2D eigenvalue weighted by Gasteiger charge is -2.29. The van der Waals surface area contributed by atoms with Gasteiger partial charge in [-0.2, -0.15) is 0 Å². The highest BCUT2D eigenvalue weighted by molar-refractivity contribution is 5.94. The van der Waals surface area contributed by atoms with Crippen LogP contribution in [0.1, 0.15) is 43.5 Å². The molecular weight excluding hydrogens is 495 g/mol. The van der Waals surface area contributed by atoms with Crippen molar-refractivity contribution >= 4 is 29.4 Å². The Kier molecular flexibility index (Phi) is 8.06. The zero-order valence-corrected chi connectivity index (χ0v) is 21.3. The third-order valence-electron chi connectivity index (χ3n) is 6.26. The van der Waals surface area contributed by atoms with Crippen LogP contribution in [0.2, 0.25) is 0 Å². The lowest BCUT2D eigenvalue weighted by Crippen LogP contribution is -2.53. The number of hydrogen-bond acceptors (Lipinski definition) is 8. The van der Waals surface area contributed by atoms with Crippen LogP contribution in [-0.2, 0) is 41.7 Å². The molecule has 0 spiro atoms. The van der Waals surface area contributed by atoms with Gasteiger partial charge in [-0.15, -0.1) is 0 Å². The van der Waals surface area contributed by atoms with Crippen LogP contribution >= 0.6 is 0 Å². The summed E-state index contributed by atoms with van der Waals surface area (Å²) in [6.07, 6.45) is 0.377. The molecule has 4 rings (SSSR count). The van der Waals surface area contributed by atoms with Gasteiger partial charge in [-0.3, -0.25) is 24.2 Å². The summed E-state index contributed by atoms with van der Waals surface area (Å²) in [5, 5.41) is 4.60. The molecule has 3 atom stereocenters. The van der Waals surface area contributed by atoms with Crippen LogP contribution in [0.3, 0.4) is 0 Å². The topological polar surface area (TPSA) is 117 Å². The quantitative estimate of drug-likeness (QED) is 0.505. The van der Waals surface area contributed by atoms with E-state index in [1.54, 1.807) is 13.0 Å². The second kappa shape index (κ2) is 11.4. The lowest BCUT2D eigenvalue weighted by atomic mass is 10.1. The van der Waals surface area contributed by atoms with Crippen molar-refractivity contribution in [1.82, 2.24) is 15.6 Å². The molecule has 0 saturated heterocycles. The maximum Gasteiger partial charge on any atom is 0.303 e. The summed E-state index contributed by atoms with van der Waals surface area (Å²) in [6.45, 7) is 4.61. The Hall–Kier alpha value is -4.25. The molecule has 200 valence electrons. The number of hydrazine groups is 1. The van der Waals surface area contributed by atoms with E-state index in [-0.39, 0.29) is 13.1 Å². The zero-order chi connectivity index (χ0) is 27.4. The van der Waals surface area contributed by atoms with Gasteiger partial charge in [0.25, 0.3) is 11.8 Å². The molecule has 0 saturated carbocycles. The van der Waals surface area contributed by atoms with Crippen LogP contribution in [0.4, 0.5) is 10.1 Å². The number of esters is 2. The van der Waals surface area contributed by atoms with Crippen LogP contribution in [0.25, 0.3) is 0 Å². The number of carbonyl (C=O) groups is 4. The Labute approximate surface area is 219 Å². The summed E-state index contributed by atoms with van der Waals surface area (Å²) in [4.78, 5) is 51.8. The molecule has 0 bridgehead atoms. The standard InChI is InChI=1S/C27H29FN4O6/c1-16(19-8-10-21(11-9-19)32-13-5-12-29-32)30-26(35)24(37-17(2)33)25(38-18(3)34)27(36)31-14-20-6-4-7-23(28)22(20)15-31/h4-11,13,16,24-25,29H,12,14-15H2,1-3H3,(H,30,35)/t16-,24-,25-/m1/s1. The number of fused-ring (bicyclic) bond motifs is 1. The van der Waals surface area contributed by atoms with Gasteiger partial charge in [0.05, 0.1) is 11.7 Å². The molecule has 2 aromatic rings. The van der Waals surface area contributed by atoms with Crippen LogP contribution in [0, 0.1) is 5.82 Å².